The van der Waals surface area contributed by atoms with Gasteiger partial charge in [-0.1, -0.05) is 41.6 Å². The third kappa shape index (κ3) is 4.91. The van der Waals surface area contributed by atoms with Gasteiger partial charge in [-0.15, -0.1) is 0 Å². The Bertz CT molecular complexity index is 1380. The summed E-state index contributed by atoms with van der Waals surface area (Å²) < 4.78 is 5.54. The molecular formula is C27H25N5O3. The number of para-hydroxylation sites is 1. The standard InChI is InChI=1S/C27H25N5O3/c1-17-11-12-23(13-18(17)2)32-16-20(15-24(32)33)26-30-25(31-35-26)19-7-6-10-22(14-19)29-27(34)28-21-8-4-3-5-9-21/h3-14,20H,15-16H2,1-2H3,(H2,28,29,34)/t20-/m0/s1. The number of aromatic nitrogens is 2. The quantitative estimate of drug-likeness (QED) is 0.403. The van der Waals surface area contributed by atoms with E-state index in [0.717, 1.165) is 11.3 Å². The number of nitrogens with one attached hydrogen (secondary N) is 2. The lowest BCUT2D eigenvalue weighted by Gasteiger charge is -2.17. The third-order valence-corrected chi connectivity index (χ3v) is 6.13. The van der Waals surface area contributed by atoms with Crippen molar-refractivity contribution in [3.8, 4) is 11.4 Å². The van der Waals surface area contributed by atoms with Crippen LogP contribution in [0.1, 0.15) is 29.4 Å². The fraction of sp³-hybridized carbons (Fsp3) is 0.185. The van der Waals surface area contributed by atoms with Gasteiger partial charge in [-0.2, -0.15) is 4.98 Å². The Morgan fingerprint density at radius 2 is 1.71 bits per heavy atom. The largest absolute Gasteiger partial charge is 0.339 e. The fourth-order valence-corrected chi connectivity index (χ4v) is 4.09. The van der Waals surface area contributed by atoms with Crippen molar-refractivity contribution in [2.75, 3.05) is 22.1 Å². The second-order valence-electron chi connectivity index (χ2n) is 8.66. The fourth-order valence-electron chi connectivity index (χ4n) is 4.09. The summed E-state index contributed by atoms with van der Waals surface area (Å²) >= 11 is 0. The van der Waals surface area contributed by atoms with Gasteiger partial charge < -0.3 is 20.1 Å². The first-order chi connectivity index (χ1) is 17.0. The first-order valence-corrected chi connectivity index (χ1v) is 11.4. The Labute approximate surface area is 203 Å². The van der Waals surface area contributed by atoms with Gasteiger partial charge in [0.25, 0.3) is 0 Å². The summed E-state index contributed by atoms with van der Waals surface area (Å²) in [6.45, 7) is 4.58. The molecule has 3 aromatic carbocycles. The molecular weight excluding hydrogens is 442 g/mol. The Balaban J connectivity index is 1.28. The molecule has 1 aliphatic heterocycles. The zero-order valence-electron chi connectivity index (χ0n) is 19.5. The van der Waals surface area contributed by atoms with E-state index in [9.17, 15) is 9.59 Å². The van der Waals surface area contributed by atoms with E-state index >= 15 is 0 Å². The Kier molecular flexibility index (Phi) is 6.01. The second-order valence-corrected chi connectivity index (χ2v) is 8.66. The molecule has 0 aliphatic carbocycles. The minimum Gasteiger partial charge on any atom is -0.339 e. The molecule has 3 amide bonds. The number of carbonyl (C=O) groups excluding carboxylic acids is 2. The van der Waals surface area contributed by atoms with Gasteiger partial charge in [0.2, 0.25) is 17.6 Å². The number of hydrogen-bond acceptors (Lipinski definition) is 5. The number of anilines is 3. The number of benzene rings is 3. The summed E-state index contributed by atoms with van der Waals surface area (Å²) in [7, 11) is 0. The van der Waals surface area contributed by atoms with Gasteiger partial charge in [0.05, 0.1) is 5.92 Å². The summed E-state index contributed by atoms with van der Waals surface area (Å²) in [5.74, 6) is 0.695. The maximum absolute atomic E-state index is 12.7. The van der Waals surface area contributed by atoms with E-state index < -0.39 is 0 Å². The minimum absolute atomic E-state index is 0.0358. The van der Waals surface area contributed by atoms with Crippen molar-refractivity contribution in [3.63, 3.8) is 0 Å². The molecule has 5 rings (SSSR count). The highest BCUT2D eigenvalue weighted by molar-refractivity contribution is 6.00. The maximum Gasteiger partial charge on any atom is 0.323 e. The predicted molar refractivity (Wildman–Crippen MR) is 134 cm³/mol. The van der Waals surface area contributed by atoms with Crippen LogP contribution in [0.4, 0.5) is 21.9 Å². The van der Waals surface area contributed by atoms with Crippen LogP contribution in [0.2, 0.25) is 0 Å². The first-order valence-electron chi connectivity index (χ1n) is 11.4. The average Bonchev–Trinajstić information content (AvgIpc) is 3.49. The first kappa shape index (κ1) is 22.3. The molecule has 0 unspecified atom stereocenters. The van der Waals surface area contributed by atoms with Gasteiger partial charge in [0, 0.05) is 35.6 Å². The van der Waals surface area contributed by atoms with Crippen LogP contribution in [0.25, 0.3) is 11.4 Å². The van der Waals surface area contributed by atoms with Crippen molar-refractivity contribution >= 4 is 29.0 Å². The number of amides is 3. The van der Waals surface area contributed by atoms with Crippen molar-refractivity contribution < 1.29 is 14.1 Å². The number of carbonyl (C=O) groups is 2. The third-order valence-electron chi connectivity index (χ3n) is 6.13. The smallest absolute Gasteiger partial charge is 0.323 e. The molecule has 1 fully saturated rings. The molecule has 8 nitrogen and oxygen atoms in total. The molecule has 1 aromatic heterocycles. The van der Waals surface area contributed by atoms with Gasteiger partial charge >= 0.3 is 6.03 Å². The van der Waals surface area contributed by atoms with Crippen LogP contribution in [-0.2, 0) is 4.79 Å². The number of aryl methyl sites for hydroxylation is 2. The predicted octanol–water partition coefficient (Wildman–Crippen LogP) is 5.52. The molecule has 1 atom stereocenters. The number of rotatable bonds is 5. The van der Waals surface area contributed by atoms with E-state index in [1.54, 1.807) is 17.0 Å². The highest BCUT2D eigenvalue weighted by Gasteiger charge is 2.35. The molecule has 0 bridgehead atoms. The van der Waals surface area contributed by atoms with Crippen LogP contribution in [0.15, 0.2) is 77.3 Å². The Morgan fingerprint density at radius 3 is 2.51 bits per heavy atom. The summed E-state index contributed by atoms with van der Waals surface area (Å²) in [4.78, 5) is 31.4. The summed E-state index contributed by atoms with van der Waals surface area (Å²) in [5.41, 5.74) is 5.21. The highest BCUT2D eigenvalue weighted by Crippen LogP contribution is 2.33. The van der Waals surface area contributed by atoms with Crippen molar-refractivity contribution in [2.45, 2.75) is 26.2 Å². The Hall–Kier alpha value is -4.46. The number of urea groups is 1. The van der Waals surface area contributed by atoms with E-state index in [1.165, 1.54) is 5.56 Å². The molecule has 0 spiro atoms. The van der Waals surface area contributed by atoms with Gasteiger partial charge in [-0.25, -0.2) is 4.79 Å². The molecule has 0 radical (unpaired) electrons. The normalized spacial score (nSPS) is 15.3. The van der Waals surface area contributed by atoms with Crippen LogP contribution >= 0.6 is 0 Å². The zero-order valence-corrected chi connectivity index (χ0v) is 19.5. The SMILES string of the molecule is Cc1ccc(N2C[C@@H](c3nc(-c4cccc(NC(=O)Nc5ccccc5)c4)no3)CC2=O)cc1C. The van der Waals surface area contributed by atoms with Crippen molar-refractivity contribution in [3.05, 3.63) is 89.8 Å². The van der Waals surface area contributed by atoms with Crippen LogP contribution in [0, 0.1) is 13.8 Å². The van der Waals surface area contributed by atoms with Gasteiger partial charge in [0.1, 0.15) is 0 Å². The molecule has 1 aliphatic rings. The molecule has 176 valence electrons. The highest BCUT2D eigenvalue weighted by atomic mass is 16.5. The molecule has 1 saturated heterocycles. The molecule has 35 heavy (non-hydrogen) atoms. The average molecular weight is 468 g/mol. The van der Waals surface area contributed by atoms with E-state index in [4.69, 9.17) is 4.52 Å². The lowest BCUT2D eigenvalue weighted by Crippen LogP contribution is -2.24. The van der Waals surface area contributed by atoms with Crippen LogP contribution < -0.4 is 15.5 Å². The lowest BCUT2D eigenvalue weighted by molar-refractivity contribution is -0.117. The Morgan fingerprint density at radius 1 is 0.943 bits per heavy atom. The topological polar surface area (TPSA) is 100 Å². The number of hydrogen-bond donors (Lipinski definition) is 2. The molecule has 0 saturated carbocycles. The van der Waals surface area contributed by atoms with Gasteiger partial charge in [-0.3, -0.25) is 4.79 Å². The van der Waals surface area contributed by atoms with Crippen LogP contribution in [0.3, 0.4) is 0 Å². The van der Waals surface area contributed by atoms with Crippen molar-refractivity contribution in [2.24, 2.45) is 0 Å². The van der Waals surface area contributed by atoms with E-state index in [-0.39, 0.29) is 17.9 Å². The zero-order chi connectivity index (χ0) is 24.4. The van der Waals surface area contributed by atoms with Gasteiger partial charge in [-0.05, 0) is 61.4 Å². The monoisotopic (exact) mass is 467 g/mol. The molecule has 2 heterocycles. The van der Waals surface area contributed by atoms with E-state index in [2.05, 4.69) is 20.8 Å². The molecule has 4 aromatic rings. The molecule has 2 N–H and O–H groups in total. The van der Waals surface area contributed by atoms with E-state index in [0.29, 0.717) is 41.6 Å². The maximum atomic E-state index is 12.7. The van der Waals surface area contributed by atoms with Crippen molar-refractivity contribution in [1.29, 1.82) is 0 Å². The summed E-state index contributed by atoms with van der Waals surface area (Å²) in [6.07, 6.45) is 0.315. The number of nitrogens with zero attached hydrogens (tertiary/aromatic N) is 3. The van der Waals surface area contributed by atoms with E-state index in [1.807, 2.05) is 74.5 Å². The van der Waals surface area contributed by atoms with Gasteiger partial charge in [0.15, 0.2) is 0 Å². The van der Waals surface area contributed by atoms with Crippen molar-refractivity contribution in [1.82, 2.24) is 10.1 Å². The molecule has 8 heteroatoms. The van der Waals surface area contributed by atoms with Crippen LogP contribution in [0.5, 0.6) is 0 Å². The minimum atomic E-state index is -0.349. The van der Waals surface area contributed by atoms with Crippen LogP contribution in [-0.4, -0.2) is 28.6 Å². The summed E-state index contributed by atoms with van der Waals surface area (Å²) in [5, 5.41) is 9.72. The lowest BCUT2D eigenvalue weighted by atomic mass is 10.1. The summed E-state index contributed by atoms with van der Waals surface area (Å²) in [6, 6.07) is 22.1. The second kappa shape index (κ2) is 9.42.